The zero-order chi connectivity index (χ0) is 20.5. The highest BCUT2D eigenvalue weighted by Gasteiger charge is 2.29. The first-order valence-corrected chi connectivity index (χ1v) is 9.39. The SMILES string of the molecule is COC(=O)[C@H](CC(C)C)NC(=O)[C@@H](CC(=O)c1ccco1)Cc1ccccc1. The number of carbonyl (C=O) groups excluding carboxylic acids is 3. The molecule has 0 aliphatic heterocycles. The fourth-order valence-corrected chi connectivity index (χ4v) is 3.04. The number of ether oxygens (including phenoxy) is 1. The van der Waals surface area contributed by atoms with Gasteiger partial charge in [-0.25, -0.2) is 4.79 Å². The third kappa shape index (κ3) is 6.37. The van der Waals surface area contributed by atoms with Gasteiger partial charge in [0.15, 0.2) is 11.5 Å². The predicted octanol–water partition coefficient (Wildman–Crippen LogP) is 3.42. The molecule has 0 unspecified atom stereocenters. The Kier molecular flexibility index (Phi) is 7.99. The minimum absolute atomic E-state index is 0.0101. The molecule has 0 bridgehead atoms. The first-order chi connectivity index (χ1) is 13.4. The molecule has 1 heterocycles. The molecule has 0 fully saturated rings. The van der Waals surface area contributed by atoms with E-state index in [1.807, 2.05) is 44.2 Å². The molecule has 2 atom stereocenters. The van der Waals surface area contributed by atoms with Gasteiger partial charge in [-0.1, -0.05) is 44.2 Å². The lowest BCUT2D eigenvalue weighted by Gasteiger charge is -2.22. The van der Waals surface area contributed by atoms with Crippen LogP contribution < -0.4 is 5.32 Å². The van der Waals surface area contributed by atoms with Gasteiger partial charge < -0.3 is 14.5 Å². The summed E-state index contributed by atoms with van der Waals surface area (Å²) in [5.74, 6) is -1.30. The van der Waals surface area contributed by atoms with Crippen molar-refractivity contribution in [2.45, 2.75) is 39.2 Å². The van der Waals surface area contributed by atoms with Gasteiger partial charge in [-0.05, 0) is 36.5 Å². The van der Waals surface area contributed by atoms with Gasteiger partial charge in [0.25, 0.3) is 0 Å². The molecule has 0 saturated carbocycles. The topological polar surface area (TPSA) is 85.6 Å². The fraction of sp³-hybridized carbons (Fsp3) is 0.409. The fourth-order valence-electron chi connectivity index (χ4n) is 3.04. The van der Waals surface area contributed by atoms with Crippen LogP contribution in [-0.4, -0.2) is 30.8 Å². The van der Waals surface area contributed by atoms with Gasteiger partial charge in [0.2, 0.25) is 5.91 Å². The van der Waals surface area contributed by atoms with Crippen LogP contribution in [0.3, 0.4) is 0 Å². The van der Waals surface area contributed by atoms with Gasteiger partial charge in [0.05, 0.1) is 13.4 Å². The quantitative estimate of drug-likeness (QED) is 0.500. The van der Waals surface area contributed by atoms with E-state index in [2.05, 4.69) is 5.32 Å². The summed E-state index contributed by atoms with van der Waals surface area (Å²) in [5.41, 5.74) is 0.938. The Morgan fingerprint density at radius 1 is 1.07 bits per heavy atom. The van der Waals surface area contributed by atoms with E-state index in [4.69, 9.17) is 9.15 Å². The average molecular weight is 385 g/mol. The highest BCUT2D eigenvalue weighted by atomic mass is 16.5. The molecule has 1 aromatic heterocycles. The molecule has 0 aliphatic carbocycles. The van der Waals surface area contributed by atoms with Crippen molar-refractivity contribution >= 4 is 17.7 Å². The number of nitrogens with one attached hydrogen (secondary N) is 1. The lowest BCUT2D eigenvalue weighted by atomic mass is 9.92. The standard InChI is InChI=1S/C22H27NO5/c1-15(2)12-18(22(26)27-3)23-21(25)17(13-16-8-5-4-6-9-16)14-19(24)20-10-7-11-28-20/h4-11,15,17-18H,12-14H2,1-3H3,(H,23,25)/t17-,18+/m1/s1. The number of methoxy groups -OCH3 is 1. The highest BCUT2D eigenvalue weighted by Crippen LogP contribution is 2.18. The molecule has 1 aromatic carbocycles. The number of hydrogen-bond donors (Lipinski definition) is 1. The van der Waals surface area contributed by atoms with Crippen molar-refractivity contribution in [1.82, 2.24) is 5.32 Å². The summed E-state index contributed by atoms with van der Waals surface area (Å²) < 4.78 is 9.98. The molecule has 2 aromatic rings. The van der Waals surface area contributed by atoms with Gasteiger partial charge in [0.1, 0.15) is 6.04 Å². The summed E-state index contributed by atoms with van der Waals surface area (Å²) in [6, 6.07) is 11.9. The lowest BCUT2D eigenvalue weighted by Crippen LogP contribution is -2.45. The van der Waals surface area contributed by atoms with Gasteiger partial charge in [-0.15, -0.1) is 0 Å². The van der Waals surface area contributed by atoms with E-state index in [0.717, 1.165) is 5.56 Å². The summed E-state index contributed by atoms with van der Waals surface area (Å²) in [6.07, 6.45) is 2.26. The molecule has 2 rings (SSSR count). The zero-order valence-electron chi connectivity index (χ0n) is 16.5. The second kappa shape index (κ2) is 10.4. The van der Waals surface area contributed by atoms with Crippen molar-refractivity contribution < 1.29 is 23.5 Å². The van der Waals surface area contributed by atoms with Crippen LogP contribution in [0.25, 0.3) is 0 Å². The van der Waals surface area contributed by atoms with Gasteiger partial charge in [0, 0.05) is 12.3 Å². The molecular formula is C22H27NO5. The lowest BCUT2D eigenvalue weighted by molar-refractivity contribution is -0.146. The molecule has 6 nitrogen and oxygen atoms in total. The summed E-state index contributed by atoms with van der Waals surface area (Å²) in [4.78, 5) is 37.5. The number of Topliss-reactive ketones (excluding diaryl/α,β-unsaturated/α-hetero) is 1. The maximum atomic E-state index is 13.0. The molecular weight excluding hydrogens is 358 g/mol. The van der Waals surface area contributed by atoms with Gasteiger partial charge in [-0.2, -0.15) is 0 Å². The molecule has 0 radical (unpaired) electrons. The first kappa shape index (κ1) is 21.4. The molecule has 1 N–H and O–H groups in total. The van der Waals surface area contributed by atoms with Crippen LogP contribution in [-0.2, 0) is 20.7 Å². The molecule has 6 heteroatoms. The Bertz CT molecular complexity index is 767. The van der Waals surface area contributed by atoms with E-state index < -0.39 is 17.9 Å². The number of ketones is 1. The largest absolute Gasteiger partial charge is 0.467 e. The average Bonchev–Trinajstić information content (AvgIpc) is 3.21. The van der Waals surface area contributed by atoms with E-state index in [9.17, 15) is 14.4 Å². The number of hydrogen-bond acceptors (Lipinski definition) is 5. The molecule has 1 amide bonds. The monoisotopic (exact) mass is 385 g/mol. The van der Waals surface area contributed by atoms with Crippen molar-refractivity contribution in [2.24, 2.45) is 11.8 Å². The molecule has 0 spiro atoms. The van der Waals surface area contributed by atoms with Crippen LogP contribution in [0.15, 0.2) is 53.1 Å². The number of furan rings is 1. The number of benzene rings is 1. The molecule has 0 aliphatic rings. The van der Waals surface area contributed by atoms with Crippen LogP contribution in [0.4, 0.5) is 0 Å². The number of esters is 1. The minimum atomic E-state index is -0.741. The van der Waals surface area contributed by atoms with E-state index in [1.54, 1.807) is 12.1 Å². The van der Waals surface area contributed by atoms with E-state index in [1.165, 1.54) is 13.4 Å². The maximum Gasteiger partial charge on any atom is 0.328 e. The van der Waals surface area contributed by atoms with E-state index in [-0.39, 0.29) is 29.8 Å². The van der Waals surface area contributed by atoms with Crippen LogP contribution >= 0.6 is 0 Å². The van der Waals surface area contributed by atoms with Crippen LogP contribution in [0.1, 0.15) is 42.8 Å². The van der Waals surface area contributed by atoms with Crippen LogP contribution in [0.2, 0.25) is 0 Å². The Hall–Kier alpha value is -2.89. The molecule has 28 heavy (non-hydrogen) atoms. The molecule has 150 valence electrons. The Balaban J connectivity index is 2.17. The van der Waals surface area contributed by atoms with Crippen molar-refractivity contribution in [3.8, 4) is 0 Å². The third-order valence-corrected chi connectivity index (χ3v) is 4.43. The third-order valence-electron chi connectivity index (χ3n) is 4.43. The van der Waals surface area contributed by atoms with Gasteiger partial charge in [-0.3, -0.25) is 9.59 Å². The number of rotatable bonds is 10. The van der Waals surface area contributed by atoms with Gasteiger partial charge >= 0.3 is 5.97 Å². The Morgan fingerprint density at radius 3 is 2.36 bits per heavy atom. The van der Waals surface area contributed by atoms with Crippen molar-refractivity contribution in [3.05, 3.63) is 60.1 Å². The predicted molar refractivity (Wildman–Crippen MR) is 105 cm³/mol. The van der Waals surface area contributed by atoms with Crippen LogP contribution in [0.5, 0.6) is 0 Å². The number of carbonyl (C=O) groups is 3. The smallest absolute Gasteiger partial charge is 0.328 e. The number of amides is 1. The van der Waals surface area contributed by atoms with Crippen molar-refractivity contribution in [1.29, 1.82) is 0 Å². The van der Waals surface area contributed by atoms with Crippen LogP contribution in [0, 0.1) is 11.8 Å². The highest BCUT2D eigenvalue weighted by molar-refractivity contribution is 5.97. The van der Waals surface area contributed by atoms with Crippen molar-refractivity contribution in [3.63, 3.8) is 0 Å². The summed E-state index contributed by atoms with van der Waals surface area (Å²) >= 11 is 0. The van der Waals surface area contributed by atoms with Crippen molar-refractivity contribution in [2.75, 3.05) is 7.11 Å². The summed E-state index contributed by atoms with van der Waals surface area (Å²) in [5, 5.41) is 2.77. The normalized spacial score (nSPS) is 13.0. The van der Waals surface area contributed by atoms with E-state index >= 15 is 0 Å². The second-order valence-corrected chi connectivity index (χ2v) is 7.21. The summed E-state index contributed by atoms with van der Waals surface area (Å²) in [6.45, 7) is 3.92. The summed E-state index contributed by atoms with van der Waals surface area (Å²) in [7, 11) is 1.30. The zero-order valence-corrected chi connectivity index (χ0v) is 16.5. The Morgan fingerprint density at radius 2 is 1.79 bits per heavy atom. The van der Waals surface area contributed by atoms with E-state index in [0.29, 0.717) is 12.8 Å². The first-order valence-electron chi connectivity index (χ1n) is 9.39. The second-order valence-electron chi connectivity index (χ2n) is 7.21. The minimum Gasteiger partial charge on any atom is -0.467 e. The maximum absolute atomic E-state index is 13.0. The molecule has 0 saturated heterocycles. The Labute approximate surface area is 165 Å².